The van der Waals surface area contributed by atoms with Gasteiger partial charge >= 0.3 is 0 Å². The minimum atomic E-state index is 0.746. The molecule has 2 aliphatic rings. The summed E-state index contributed by atoms with van der Waals surface area (Å²) in [6.45, 7) is 8.11. The smallest absolute Gasteiger partial charge is 0.0370 e. The third-order valence-electron chi connectivity index (χ3n) is 4.86. The first-order chi connectivity index (χ1) is 9.15. The molecule has 2 fully saturated rings. The average molecular weight is 259 g/mol. The topological polar surface area (TPSA) is 32.5 Å². The van der Waals surface area contributed by atoms with E-state index in [-0.39, 0.29) is 0 Å². The predicted octanol–water partition coefficient (Wildman–Crippen LogP) is 2.64. The van der Waals surface area contributed by atoms with Crippen LogP contribution in [0.1, 0.15) is 31.7 Å². The van der Waals surface area contributed by atoms with Crippen LogP contribution in [0.5, 0.6) is 0 Å². The molecule has 3 nitrogen and oxygen atoms in total. The van der Waals surface area contributed by atoms with Crippen LogP contribution in [0.15, 0.2) is 18.2 Å². The summed E-state index contributed by atoms with van der Waals surface area (Å²) in [5.74, 6) is 0. The first kappa shape index (κ1) is 12.8. The third-order valence-corrected chi connectivity index (χ3v) is 4.86. The Morgan fingerprint density at radius 1 is 1.21 bits per heavy atom. The van der Waals surface area contributed by atoms with Crippen LogP contribution in [-0.2, 0) is 0 Å². The van der Waals surface area contributed by atoms with E-state index in [0.717, 1.165) is 17.8 Å². The molecule has 3 heteroatoms. The van der Waals surface area contributed by atoms with E-state index < -0.39 is 0 Å². The van der Waals surface area contributed by atoms with E-state index in [0.29, 0.717) is 0 Å². The van der Waals surface area contributed by atoms with Gasteiger partial charge in [-0.15, -0.1) is 0 Å². The fraction of sp³-hybridized carbons (Fsp3) is 0.625. The maximum Gasteiger partial charge on any atom is 0.0370 e. The summed E-state index contributed by atoms with van der Waals surface area (Å²) in [6.07, 6.45) is 4.05. The van der Waals surface area contributed by atoms with Crippen molar-refractivity contribution >= 4 is 11.4 Å². The monoisotopic (exact) mass is 259 g/mol. The lowest BCUT2D eigenvalue weighted by Crippen LogP contribution is -2.39. The normalized spacial score (nSPS) is 28.2. The Balaban J connectivity index is 1.69. The van der Waals surface area contributed by atoms with Gasteiger partial charge in [-0.05, 0) is 63.4 Å². The predicted molar refractivity (Wildman–Crippen MR) is 81.6 cm³/mol. The second-order valence-corrected chi connectivity index (χ2v) is 6.16. The largest absolute Gasteiger partial charge is 0.399 e. The van der Waals surface area contributed by atoms with E-state index in [1.54, 1.807) is 0 Å². The van der Waals surface area contributed by atoms with E-state index >= 15 is 0 Å². The highest BCUT2D eigenvalue weighted by molar-refractivity contribution is 5.58. The molecule has 2 N–H and O–H groups in total. The van der Waals surface area contributed by atoms with Crippen molar-refractivity contribution < 1.29 is 0 Å². The number of nitrogens with two attached hydrogens (primary N) is 1. The molecule has 0 saturated carbocycles. The zero-order valence-electron chi connectivity index (χ0n) is 12.1. The summed E-state index contributed by atoms with van der Waals surface area (Å²) >= 11 is 0. The number of hydrogen-bond donors (Lipinski definition) is 1. The minimum absolute atomic E-state index is 0.746. The first-order valence-electron chi connectivity index (χ1n) is 7.52. The molecule has 2 aliphatic heterocycles. The van der Waals surface area contributed by atoms with Gasteiger partial charge in [-0.25, -0.2) is 0 Å². The van der Waals surface area contributed by atoms with Gasteiger partial charge in [0.25, 0.3) is 0 Å². The first-order valence-corrected chi connectivity index (χ1v) is 7.52. The van der Waals surface area contributed by atoms with Crippen LogP contribution in [-0.4, -0.2) is 36.6 Å². The molecule has 0 bridgehead atoms. The molecule has 104 valence electrons. The number of likely N-dealkylation sites (tertiary alicyclic amines) is 1. The van der Waals surface area contributed by atoms with Gasteiger partial charge in [-0.1, -0.05) is 0 Å². The standard InChI is InChI=1S/C16H25N3/c1-12-10-14(5-6-16(12)17)18-9-7-15(11-18)19-8-3-4-13(19)2/h5-6,10,13,15H,3-4,7-9,11,17H2,1-2H3/t13-,15+/m0/s1. The number of benzene rings is 1. The lowest BCUT2D eigenvalue weighted by atomic mass is 10.1. The van der Waals surface area contributed by atoms with Crippen molar-refractivity contribution in [3.8, 4) is 0 Å². The van der Waals surface area contributed by atoms with Crippen LogP contribution in [0, 0.1) is 6.92 Å². The van der Waals surface area contributed by atoms with Crippen LogP contribution in [0.25, 0.3) is 0 Å². The summed E-state index contributed by atoms with van der Waals surface area (Å²) in [7, 11) is 0. The molecule has 1 aromatic rings. The van der Waals surface area contributed by atoms with E-state index in [1.807, 2.05) is 6.07 Å². The van der Waals surface area contributed by atoms with Crippen molar-refractivity contribution in [2.75, 3.05) is 30.3 Å². The van der Waals surface area contributed by atoms with Gasteiger partial charge in [0.1, 0.15) is 0 Å². The second-order valence-electron chi connectivity index (χ2n) is 6.16. The maximum atomic E-state index is 5.91. The Kier molecular flexibility index (Phi) is 3.40. The number of nitrogen functional groups attached to an aromatic ring is 1. The van der Waals surface area contributed by atoms with Gasteiger partial charge in [0.05, 0.1) is 0 Å². The van der Waals surface area contributed by atoms with E-state index in [4.69, 9.17) is 5.73 Å². The van der Waals surface area contributed by atoms with Crippen molar-refractivity contribution in [2.45, 2.75) is 45.2 Å². The molecule has 19 heavy (non-hydrogen) atoms. The van der Waals surface area contributed by atoms with Gasteiger partial charge in [-0.2, -0.15) is 0 Å². The van der Waals surface area contributed by atoms with Crippen molar-refractivity contribution in [1.29, 1.82) is 0 Å². The van der Waals surface area contributed by atoms with Crippen molar-refractivity contribution in [2.24, 2.45) is 0 Å². The number of rotatable bonds is 2. The Labute approximate surface area is 116 Å². The highest BCUT2D eigenvalue weighted by Crippen LogP contribution is 2.29. The van der Waals surface area contributed by atoms with Crippen LogP contribution in [0.4, 0.5) is 11.4 Å². The molecule has 0 aromatic heterocycles. The lowest BCUT2D eigenvalue weighted by Gasteiger charge is -2.28. The van der Waals surface area contributed by atoms with Gasteiger partial charge in [0.2, 0.25) is 0 Å². The van der Waals surface area contributed by atoms with Gasteiger partial charge in [0.15, 0.2) is 0 Å². The van der Waals surface area contributed by atoms with E-state index in [9.17, 15) is 0 Å². The SMILES string of the molecule is Cc1cc(N2CC[C@@H](N3CCC[C@@H]3C)C2)ccc1N. The Morgan fingerprint density at radius 2 is 2.05 bits per heavy atom. The molecule has 0 radical (unpaired) electrons. The highest BCUT2D eigenvalue weighted by atomic mass is 15.3. The van der Waals surface area contributed by atoms with Crippen LogP contribution in [0.2, 0.25) is 0 Å². The van der Waals surface area contributed by atoms with Crippen LogP contribution in [0.3, 0.4) is 0 Å². The zero-order valence-corrected chi connectivity index (χ0v) is 12.1. The fourth-order valence-corrected chi connectivity index (χ4v) is 3.60. The molecular weight excluding hydrogens is 234 g/mol. The van der Waals surface area contributed by atoms with Crippen molar-refractivity contribution in [3.05, 3.63) is 23.8 Å². The highest BCUT2D eigenvalue weighted by Gasteiger charge is 2.32. The molecule has 0 amide bonds. The third kappa shape index (κ3) is 2.44. The molecule has 0 aliphatic carbocycles. The van der Waals surface area contributed by atoms with Gasteiger partial charge in [-0.3, -0.25) is 4.90 Å². The van der Waals surface area contributed by atoms with E-state index in [1.165, 1.54) is 50.1 Å². The zero-order chi connectivity index (χ0) is 13.4. The van der Waals surface area contributed by atoms with Gasteiger partial charge < -0.3 is 10.6 Å². The summed E-state index contributed by atoms with van der Waals surface area (Å²) in [5.41, 5.74) is 9.33. The van der Waals surface area contributed by atoms with E-state index in [2.05, 4.69) is 35.8 Å². The van der Waals surface area contributed by atoms with Gasteiger partial charge in [0, 0.05) is 36.5 Å². The summed E-state index contributed by atoms with van der Waals surface area (Å²) in [6, 6.07) is 7.95. The molecule has 2 atom stereocenters. The molecule has 0 unspecified atom stereocenters. The number of nitrogens with zero attached hydrogens (tertiary/aromatic N) is 2. The molecule has 0 spiro atoms. The number of hydrogen-bond acceptors (Lipinski definition) is 3. The molecular formula is C16H25N3. The van der Waals surface area contributed by atoms with Crippen molar-refractivity contribution in [3.63, 3.8) is 0 Å². The fourth-order valence-electron chi connectivity index (χ4n) is 3.60. The molecule has 1 aromatic carbocycles. The molecule has 2 saturated heterocycles. The average Bonchev–Trinajstić information content (AvgIpc) is 3.01. The Bertz CT molecular complexity index is 457. The lowest BCUT2D eigenvalue weighted by molar-refractivity contribution is 0.204. The van der Waals surface area contributed by atoms with Crippen LogP contribution < -0.4 is 10.6 Å². The van der Waals surface area contributed by atoms with Crippen molar-refractivity contribution in [1.82, 2.24) is 4.90 Å². The quantitative estimate of drug-likeness (QED) is 0.829. The molecule has 3 rings (SSSR count). The summed E-state index contributed by atoms with van der Waals surface area (Å²) in [4.78, 5) is 5.23. The molecule has 2 heterocycles. The van der Waals surface area contributed by atoms with Crippen LogP contribution >= 0.6 is 0 Å². The summed E-state index contributed by atoms with van der Waals surface area (Å²) in [5, 5.41) is 0. The second kappa shape index (κ2) is 5.04. The summed E-state index contributed by atoms with van der Waals surface area (Å²) < 4.78 is 0. The Morgan fingerprint density at radius 3 is 2.74 bits per heavy atom. The number of aryl methyl sites for hydroxylation is 1. The minimum Gasteiger partial charge on any atom is -0.399 e. The number of anilines is 2. The Hall–Kier alpha value is -1.22. The maximum absolute atomic E-state index is 5.91.